The Bertz CT molecular complexity index is 556. The molecule has 0 bridgehead atoms. The molecular formula is C15H20ClN3. The van der Waals surface area contributed by atoms with Gasteiger partial charge in [-0.2, -0.15) is 0 Å². The molecule has 0 amide bonds. The first kappa shape index (κ1) is 12.8. The maximum Gasteiger partial charge on any atom is 0.152 e. The number of halogens is 1. The molecule has 1 fully saturated rings. The number of aromatic nitrogens is 2. The molecule has 0 aromatic carbocycles. The summed E-state index contributed by atoms with van der Waals surface area (Å²) in [7, 11) is 0. The van der Waals surface area contributed by atoms with Gasteiger partial charge in [-0.25, -0.2) is 4.98 Å². The molecule has 0 radical (unpaired) electrons. The lowest BCUT2D eigenvalue weighted by molar-refractivity contribution is 0.393. The minimum Gasteiger partial charge on any atom is -0.355 e. The molecule has 2 aromatic heterocycles. The summed E-state index contributed by atoms with van der Waals surface area (Å²) in [6.07, 6.45) is 5.88. The molecule has 3 heterocycles. The topological polar surface area (TPSA) is 20.5 Å². The molecule has 3 nitrogen and oxygen atoms in total. The van der Waals surface area contributed by atoms with E-state index >= 15 is 0 Å². The van der Waals surface area contributed by atoms with Crippen LogP contribution < -0.4 is 4.90 Å². The smallest absolute Gasteiger partial charge is 0.152 e. The van der Waals surface area contributed by atoms with Gasteiger partial charge in [0, 0.05) is 19.3 Å². The van der Waals surface area contributed by atoms with E-state index in [9.17, 15) is 0 Å². The number of hydrogen-bond acceptors (Lipinski definition) is 2. The number of hydrogen-bond donors (Lipinski definition) is 0. The van der Waals surface area contributed by atoms with Crippen LogP contribution in [0, 0.1) is 5.92 Å². The number of rotatable bonds is 3. The fraction of sp³-hybridized carbons (Fsp3) is 0.533. The summed E-state index contributed by atoms with van der Waals surface area (Å²) in [4.78, 5) is 7.16. The van der Waals surface area contributed by atoms with Crippen molar-refractivity contribution in [3.05, 3.63) is 30.1 Å². The highest BCUT2D eigenvalue weighted by Crippen LogP contribution is 2.28. The Hall–Kier alpha value is -1.22. The van der Waals surface area contributed by atoms with Crippen molar-refractivity contribution in [2.75, 3.05) is 18.0 Å². The normalized spacial score (nSPS) is 17.3. The molecule has 2 aromatic rings. The molecule has 3 rings (SSSR count). The van der Waals surface area contributed by atoms with Gasteiger partial charge in [0.2, 0.25) is 0 Å². The molecule has 1 aliphatic rings. The predicted octanol–water partition coefficient (Wildman–Crippen LogP) is 3.70. The predicted molar refractivity (Wildman–Crippen MR) is 80.0 cm³/mol. The Labute approximate surface area is 119 Å². The summed E-state index contributed by atoms with van der Waals surface area (Å²) in [5.41, 5.74) is 2.11. The molecule has 0 atom stereocenters. The number of nitrogens with zero attached hydrogens (tertiary/aromatic N) is 3. The van der Waals surface area contributed by atoms with Crippen LogP contribution in [0.5, 0.6) is 0 Å². The van der Waals surface area contributed by atoms with Crippen LogP contribution in [0.15, 0.2) is 24.4 Å². The fourth-order valence-electron chi connectivity index (χ4n) is 2.96. The van der Waals surface area contributed by atoms with Gasteiger partial charge in [0.05, 0.1) is 11.6 Å². The third-order valence-electron chi connectivity index (χ3n) is 4.23. The molecular weight excluding hydrogens is 258 g/mol. The van der Waals surface area contributed by atoms with Gasteiger partial charge < -0.3 is 9.30 Å². The van der Waals surface area contributed by atoms with Gasteiger partial charge in [0.25, 0.3) is 0 Å². The zero-order chi connectivity index (χ0) is 13.2. The zero-order valence-electron chi connectivity index (χ0n) is 11.3. The first-order valence-corrected chi connectivity index (χ1v) is 7.63. The van der Waals surface area contributed by atoms with Crippen molar-refractivity contribution >= 4 is 23.1 Å². The van der Waals surface area contributed by atoms with Gasteiger partial charge in [-0.1, -0.05) is 19.4 Å². The average Bonchev–Trinajstić information content (AvgIpc) is 2.85. The highest BCUT2D eigenvalue weighted by Gasteiger charge is 2.22. The first-order chi connectivity index (χ1) is 9.33. The van der Waals surface area contributed by atoms with E-state index in [0.29, 0.717) is 5.88 Å². The Morgan fingerprint density at radius 3 is 2.79 bits per heavy atom. The van der Waals surface area contributed by atoms with E-state index in [2.05, 4.69) is 16.2 Å². The molecule has 19 heavy (non-hydrogen) atoms. The lowest BCUT2D eigenvalue weighted by Crippen LogP contribution is -2.34. The number of pyridine rings is 1. The second kappa shape index (κ2) is 5.41. The van der Waals surface area contributed by atoms with Crippen LogP contribution >= 0.6 is 11.6 Å². The van der Waals surface area contributed by atoms with Crippen LogP contribution in [0.2, 0.25) is 0 Å². The van der Waals surface area contributed by atoms with E-state index in [0.717, 1.165) is 36.2 Å². The van der Waals surface area contributed by atoms with Gasteiger partial charge in [-0.3, -0.25) is 0 Å². The van der Waals surface area contributed by atoms with E-state index in [1.807, 2.05) is 24.4 Å². The van der Waals surface area contributed by atoms with E-state index < -0.39 is 0 Å². The van der Waals surface area contributed by atoms with Crippen LogP contribution in [0.25, 0.3) is 5.65 Å². The van der Waals surface area contributed by atoms with Crippen molar-refractivity contribution in [2.24, 2.45) is 5.92 Å². The number of imidazole rings is 1. The number of anilines is 1. The van der Waals surface area contributed by atoms with E-state index in [1.165, 1.54) is 19.3 Å². The summed E-state index contributed by atoms with van der Waals surface area (Å²) in [5.74, 6) is 2.47. The van der Waals surface area contributed by atoms with Crippen LogP contribution in [0.3, 0.4) is 0 Å². The highest BCUT2D eigenvalue weighted by molar-refractivity contribution is 6.17. The van der Waals surface area contributed by atoms with Crippen LogP contribution in [-0.4, -0.2) is 22.5 Å². The number of piperidine rings is 1. The lowest BCUT2D eigenvalue weighted by Gasteiger charge is -2.32. The molecule has 102 valence electrons. The second-order valence-corrected chi connectivity index (χ2v) is 5.55. The average molecular weight is 278 g/mol. The Balaban J connectivity index is 1.92. The molecule has 0 N–H and O–H groups in total. The third kappa shape index (κ3) is 2.32. The SMILES string of the molecule is CCC1CCN(c2nc3ccccn3c2CCl)CC1. The molecule has 0 saturated carbocycles. The summed E-state index contributed by atoms with van der Waals surface area (Å²) in [6.45, 7) is 4.49. The molecule has 0 aliphatic carbocycles. The largest absolute Gasteiger partial charge is 0.355 e. The van der Waals surface area contributed by atoms with Gasteiger partial charge in [0.1, 0.15) is 5.65 Å². The van der Waals surface area contributed by atoms with Crippen molar-refractivity contribution in [2.45, 2.75) is 32.1 Å². The van der Waals surface area contributed by atoms with Crippen molar-refractivity contribution in [3.8, 4) is 0 Å². The summed E-state index contributed by atoms with van der Waals surface area (Å²) in [6, 6.07) is 6.09. The first-order valence-electron chi connectivity index (χ1n) is 7.10. The van der Waals surface area contributed by atoms with Gasteiger partial charge in [0.15, 0.2) is 5.82 Å². The number of fused-ring (bicyclic) bond motifs is 1. The third-order valence-corrected chi connectivity index (χ3v) is 4.48. The number of alkyl halides is 1. The van der Waals surface area contributed by atoms with Gasteiger partial charge in [-0.05, 0) is 30.9 Å². The fourth-order valence-corrected chi connectivity index (χ4v) is 3.21. The summed E-state index contributed by atoms with van der Waals surface area (Å²) < 4.78 is 2.11. The Morgan fingerprint density at radius 1 is 1.32 bits per heavy atom. The van der Waals surface area contributed by atoms with Crippen LogP contribution in [0.4, 0.5) is 5.82 Å². The van der Waals surface area contributed by atoms with Crippen molar-refractivity contribution in [1.29, 1.82) is 0 Å². The molecule has 4 heteroatoms. The maximum absolute atomic E-state index is 6.14. The van der Waals surface area contributed by atoms with E-state index in [-0.39, 0.29) is 0 Å². The maximum atomic E-state index is 6.14. The van der Waals surface area contributed by atoms with Crippen LogP contribution in [-0.2, 0) is 5.88 Å². The standard InChI is InChI=1S/C15H20ClN3/c1-2-12-6-9-18(10-7-12)15-13(11-16)19-8-4-3-5-14(19)17-15/h3-5,8,12H,2,6-7,9-11H2,1H3. The minimum absolute atomic E-state index is 0.508. The van der Waals surface area contributed by atoms with E-state index in [1.54, 1.807) is 0 Å². The Kier molecular flexibility index (Phi) is 3.65. The molecule has 0 unspecified atom stereocenters. The molecule has 1 saturated heterocycles. The van der Waals surface area contributed by atoms with E-state index in [4.69, 9.17) is 16.6 Å². The highest BCUT2D eigenvalue weighted by atomic mass is 35.5. The molecule has 1 aliphatic heterocycles. The van der Waals surface area contributed by atoms with Gasteiger partial charge in [-0.15, -0.1) is 11.6 Å². The Morgan fingerprint density at radius 2 is 2.11 bits per heavy atom. The zero-order valence-corrected chi connectivity index (χ0v) is 12.1. The summed E-state index contributed by atoms with van der Waals surface area (Å²) >= 11 is 6.14. The van der Waals surface area contributed by atoms with Crippen molar-refractivity contribution in [3.63, 3.8) is 0 Å². The molecule has 0 spiro atoms. The lowest BCUT2D eigenvalue weighted by atomic mass is 9.94. The van der Waals surface area contributed by atoms with Gasteiger partial charge >= 0.3 is 0 Å². The van der Waals surface area contributed by atoms with Crippen molar-refractivity contribution in [1.82, 2.24) is 9.38 Å². The minimum atomic E-state index is 0.508. The quantitative estimate of drug-likeness (QED) is 0.798. The summed E-state index contributed by atoms with van der Waals surface area (Å²) in [5, 5.41) is 0. The second-order valence-electron chi connectivity index (χ2n) is 5.28. The van der Waals surface area contributed by atoms with Crippen LogP contribution in [0.1, 0.15) is 31.9 Å². The van der Waals surface area contributed by atoms with Crippen molar-refractivity contribution < 1.29 is 0 Å². The monoisotopic (exact) mass is 277 g/mol.